The van der Waals surface area contributed by atoms with Gasteiger partial charge >= 0.3 is 0 Å². The van der Waals surface area contributed by atoms with Gasteiger partial charge < -0.3 is 10.7 Å². The van der Waals surface area contributed by atoms with E-state index in [0.717, 1.165) is 5.69 Å². The SMILES string of the molecule is NC(=O)Cc1ccccn1.c1cc[nH]c1. The molecule has 0 unspecified atom stereocenters. The van der Waals surface area contributed by atoms with Crippen molar-refractivity contribution in [1.29, 1.82) is 0 Å². The monoisotopic (exact) mass is 203 g/mol. The summed E-state index contributed by atoms with van der Waals surface area (Å²) in [5.74, 6) is -0.348. The third-order valence-electron chi connectivity index (χ3n) is 1.58. The second-order valence-electron chi connectivity index (χ2n) is 2.85. The molecular weight excluding hydrogens is 190 g/mol. The zero-order valence-corrected chi connectivity index (χ0v) is 8.26. The van der Waals surface area contributed by atoms with Crippen molar-refractivity contribution in [3.8, 4) is 0 Å². The van der Waals surface area contributed by atoms with E-state index >= 15 is 0 Å². The number of hydrogen-bond acceptors (Lipinski definition) is 2. The van der Waals surface area contributed by atoms with Crippen molar-refractivity contribution in [2.45, 2.75) is 6.42 Å². The molecule has 0 spiro atoms. The highest BCUT2D eigenvalue weighted by atomic mass is 16.1. The van der Waals surface area contributed by atoms with Gasteiger partial charge in [0.25, 0.3) is 0 Å². The minimum absolute atomic E-state index is 0.223. The summed E-state index contributed by atoms with van der Waals surface area (Å²) in [6.07, 6.45) is 5.61. The molecule has 0 aliphatic rings. The molecule has 0 saturated heterocycles. The molecule has 0 aliphatic carbocycles. The fraction of sp³-hybridized carbons (Fsp3) is 0.0909. The second kappa shape index (κ2) is 6.37. The van der Waals surface area contributed by atoms with Crippen LogP contribution >= 0.6 is 0 Å². The summed E-state index contributed by atoms with van der Waals surface area (Å²) in [4.78, 5) is 17.1. The zero-order chi connectivity index (χ0) is 10.9. The maximum atomic E-state index is 10.4. The van der Waals surface area contributed by atoms with Crippen LogP contribution in [0.15, 0.2) is 48.9 Å². The number of nitrogens with zero attached hydrogens (tertiary/aromatic N) is 1. The molecule has 0 aliphatic heterocycles. The molecule has 4 nitrogen and oxygen atoms in total. The Kier molecular flexibility index (Phi) is 4.66. The third-order valence-corrected chi connectivity index (χ3v) is 1.58. The number of nitrogens with two attached hydrogens (primary N) is 1. The highest BCUT2D eigenvalue weighted by Gasteiger charge is 1.95. The number of pyridine rings is 1. The first-order valence-corrected chi connectivity index (χ1v) is 4.55. The van der Waals surface area contributed by atoms with Gasteiger partial charge in [0, 0.05) is 24.3 Å². The van der Waals surface area contributed by atoms with Crippen molar-refractivity contribution in [2.75, 3.05) is 0 Å². The van der Waals surface area contributed by atoms with Crippen molar-refractivity contribution in [3.63, 3.8) is 0 Å². The summed E-state index contributed by atoms with van der Waals surface area (Å²) in [5, 5.41) is 0. The highest BCUT2D eigenvalue weighted by molar-refractivity contribution is 5.75. The molecule has 15 heavy (non-hydrogen) atoms. The second-order valence-corrected chi connectivity index (χ2v) is 2.85. The molecule has 3 N–H and O–H groups in total. The van der Waals surface area contributed by atoms with Crippen LogP contribution in [-0.2, 0) is 11.2 Å². The molecule has 2 rings (SSSR count). The fourth-order valence-electron chi connectivity index (χ4n) is 0.959. The largest absolute Gasteiger partial charge is 0.369 e. The van der Waals surface area contributed by atoms with Gasteiger partial charge in [0.15, 0.2) is 0 Å². The van der Waals surface area contributed by atoms with Crippen LogP contribution in [0.3, 0.4) is 0 Å². The lowest BCUT2D eigenvalue weighted by molar-refractivity contribution is -0.117. The molecule has 1 amide bonds. The third kappa shape index (κ3) is 5.25. The van der Waals surface area contributed by atoms with Crippen LogP contribution in [0.2, 0.25) is 0 Å². The van der Waals surface area contributed by atoms with Gasteiger partial charge in [-0.05, 0) is 24.3 Å². The molecule has 4 heteroatoms. The van der Waals surface area contributed by atoms with Crippen molar-refractivity contribution in [3.05, 3.63) is 54.6 Å². The van der Waals surface area contributed by atoms with Crippen molar-refractivity contribution < 1.29 is 4.79 Å². The number of rotatable bonds is 2. The zero-order valence-electron chi connectivity index (χ0n) is 8.26. The van der Waals surface area contributed by atoms with E-state index in [-0.39, 0.29) is 12.3 Å². The number of nitrogens with one attached hydrogen (secondary N) is 1. The average Bonchev–Trinajstić information content (AvgIpc) is 2.76. The number of H-pyrrole nitrogens is 1. The first-order valence-electron chi connectivity index (χ1n) is 4.55. The number of carbonyl (C=O) groups is 1. The van der Waals surface area contributed by atoms with Crippen LogP contribution in [-0.4, -0.2) is 15.9 Å². The van der Waals surface area contributed by atoms with Crippen molar-refractivity contribution in [2.24, 2.45) is 5.73 Å². The number of carbonyl (C=O) groups excluding carboxylic acids is 1. The van der Waals surface area contributed by atoms with E-state index in [4.69, 9.17) is 5.73 Å². The summed E-state index contributed by atoms with van der Waals surface area (Å²) in [7, 11) is 0. The maximum Gasteiger partial charge on any atom is 0.223 e. The summed E-state index contributed by atoms with van der Waals surface area (Å²) >= 11 is 0. The lowest BCUT2D eigenvalue weighted by Gasteiger charge is -1.92. The Morgan fingerprint density at radius 3 is 2.40 bits per heavy atom. The maximum absolute atomic E-state index is 10.4. The lowest BCUT2D eigenvalue weighted by atomic mass is 10.3. The molecule has 2 aromatic rings. The molecule has 2 heterocycles. The number of aromatic amines is 1. The van der Waals surface area contributed by atoms with E-state index in [1.165, 1.54) is 0 Å². The topological polar surface area (TPSA) is 71.8 Å². The first kappa shape index (κ1) is 11.0. The van der Waals surface area contributed by atoms with Gasteiger partial charge in [0.05, 0.1) is 6.42 Å². The van der Waals surface area contributed by atoms with Crippen LogP contribution in [0.5, 0.6) is 0 Å². The summed E-state index contributed by atoms with van der Waals surface area (Å²) in [6.45, 7) is 0. The molecule has 2 aromatic heterocycles. The fourth-order valence-corrected chi connectivity index (χ4v) is 0.959. The molecular formula is C11H13N3O. The number of primary amides is 1. The van der Waals surface area contributed by atoms with Crippen LogP contribution < -0.4 is 5.73 Å². The predicted molar refractivity (Wildman–Crippen MR) is 57.9 cm³/mol. The van der Waals surface area contributed by atoms with Gasteiger partial charge in [0.1, 0.15) is 0 Å². The molecule has 0 atom stereocenters. The van der Waals surface area contributed by atoms with Crippen LogP contribution in [0.1, 0.15) is 5.69 Å². The van der Waals surface area contributed by atoms with Gasteiger partial charge in [0.2, 0.25) is 5.91 Å². The Labute approximate surface area is 88.2 Å². The Bertz CT molecular complexity index is 353. The minimum atomic E-state index is -0.348. The number of amides is 1. The molecule has 0 bridgehead atoms. The van der Waals surface area contributed by atoms with E-state index in [2.05, 4.69) is 9.97 Å². The summed E-state index contributed by atoms with van der Waals surface area (Å²) in [6, 6.07) is 9.28. The van der Waals surface area contributed by atoms with E-state index in [1.807, 2.05) is 30.6 Å². The van der Waals surface area contributed by atoms with Gasteiger partial charge in [-0.3, -0.25) is 9.78 Å². The van der Waals surface area contributed by atoms with Crippen molar-refractivity contribution in [1.82, 2.24) is 9.97 Å². The quantitative estimate of drug-likeness (QED) is 0.767. The normalized spacial score (nSPS) is 8.80. The highest BCUT2D eigenvalue weighted by Crippen LogP contribution is 1.92. The number of hydrogen-bond donors (Lipinski definition) is 2. The van der Waals surface area contributed by atoms with Crippen LogP contribution in [0.25, 0.3) is 0 Å². The number of aromatic nitrogens is 2. The Morgan fingerprint density at radius 2 is 2.00 bits per heavy atom. The van der Waals surface area contributed by atoms with E-state index in [0.29, 0.717) is 0 Å². The van der Waals surface area contributed by atoms with Crippen LogP contribution in [0.4, 0.5) is 0 Å². The standard InChI is InChI=1S/C7H8N2O.C4H5N/c8-7(10)5-6-3-1-2-4-9-6;1-2-4-5-3-1/h1-4H,5H2,(H2,8,10);1-5H. The van der Waals surface area contributed by atoms with Gasteiger partial charge in [-0.2, -0.15) is 0 Å². The Balaban J connectivity index is 0.000000187. The minimum Gasteiger partial charge on any atom is -0.369 e. The van der Waals surface area contributed by atoms with E-state index in [1.54, 1.807) is 18.3 Å². The summed E-state index contributed by atoms with van der Waals surface area (Å²) < 4.78 is 0. The van der Waals surface area contributed by atoms with Gasteiger partial charge in [-0.15, -0.1) is 0 Å². The van der Waals surface area contributed by atoms with Crippen LogP contribution in [0, 0.1) is 0 Å². The van der Waals surface area contributed by atoms with Gasteiger partial charge in [-0.25, -0.2) is 0 Å². The smallest absolute Gasteiger partial charge is 0.223 e. The molecule has 0 saturated carbocycles. The van der Waals surface area contributed by atoms with Crippen molar-refractivity contribution >= 4 is 5.91 Å². The Morgan fingerprint density at radius 1 is 1.27 bits per heavy atom. The lowest BCUT2D eigenvalue weighted by Crippen LogP contribution is -2.14. The van der Waals surface area contributed by atoms with E-state index in [9.17, 15) is 4.79 Å². The predicted octanol–water partition coefficient (Wildman–Crippen LogP) is 1.12. The van der Waals surface area contributed by atoms with E-state index < -0.39 is 0 Å². The molecule has 78 valence electrons. The Hall–Kier alpha value is -2.10. The average molecular weight is 203 g/mol. The summed E-state index contributed by atoms with van der Waals surface area (Å²) in [5.41, 5.74) is 5.66. The molecule has 0 radical (unpaired) electrons. The molecule has 0 fully saturated rings. The molecule has 0 aromatic carbocycles. The first-order chi connectivity index (χ1) is 7.29. The van der Waals surface area contributed by atoms with Gasteiger partial charge in [-0.1, -0.05) is 6.07 Å².